The predicted octanol–water partition coefficient (Wildman–Crippen LogP) is 6.12. The summed E-state index contributed by atoms with van der Waals surface area (Å²) in [6.45, 7) is 8.74. The molecule has 0 saturated heterocycles. The van der Waals surface area contributed by atoms with Crippen LogP contribution in [0.3, 0.4) is 0 Å². The summed E-state index contributed by atoms with van der Waals surface area (Å²) in [5.41, 5.74) is 12.8. The van der Waals surface area contributed by atoms with Crippen LogP contribution in [0.4, 0.5) is 5.82 Å². The molecular weight excluding hydrogens is 342 g/mol. The summed E-state index contributed by atoms with van der Waals surface area (Å²) >= 11 is 0. The van der Waals surface area contributed by atoms with E-state index in [-0.39, 0.29) is 11.2 Å². The van der Waals surface area contributed by atoms with E-state index in [1.54, 1.807) is 0 Å². The first-order chi connectivity index (χ1) is 13.3. The third-order valence-electron chi connectivity index (χ3n) is 5.01. The van der Waals surface area contributed by atoms with Crippen molar-refractivity contribution in [3.8, 4) is 28.5 Å². The summed E-state index contributed by atoms with van der Waals surface area (Å²) < 4.78 is 0. The van der Waals surface area contributed by atoms with Gasteiger partial charge in [-0.05, 0) is 34.6 Å². The first-order valence-electron chi connectivity index (χ1n) is 9.74. The lowest BCUT2D eigenvalue weighted by molar-refractivity contribution is 0.590. The van der Waals surface area contributed by atoms with E-state index in [1.807, 2.05) is 6.07 Å². The maximum atomic E-state index is 9.63. The van der Waals surface area contributed by atoms with Crippen LogP contribution in [0.5, 0.6) is 0 Å². The number of benzene rings is 2. The van der Waals surface area contributed by atoms with Crippen LogP contribution in [0.15, 0.2) is 54.6 Å². The second-order valence-electron chi connectivity index (χ2n) is 8.20. The Morgan fingerprint density at radius 3 is 2.11 bits per heavy atom. The van der Waals surface area contributed by atoms with E-state index >= 15 is 0 Å². The van der Waals surface area contributed by atoms with Gasteiger partial charge in [0.1, 0.15) is 17.5 Å². The molecule has 0 bridgehead atoms. The van der Waals surface area contributed by atoms with Crippen LogP contribution in [0.25, 0.3) is 22.4 Å². The first-order valence-corrected chi connectivity index (χ1v) is 9.74. The van der Waals surface area contributed by atoms with Gasteiger partial charge in [-0.25, -0.2) is 4.98 Å². The van der Waals surface area contributed by atoms with Crippen molar-refractivity contribution in [2.24, 2.45) is 0 Å². The van der Waals surface area contributed by atoms with Gasteiger partial charge < -0.3 is 5.73 Å². The molecule has 3 heteroatoms. The third-order valence-corrected chi connectivity index (χ3v) is 5.01. The van der Waals surface area contributed by atoms with Crippen molar-refractivity contribution >= 4 is 5.82 Å². The second-order valence-corrected chi connectivity index (χ2v) is 8.20. The zero-order valence-electron chi connectivity index (χ0n) is 17.1. The minimum absolute atomic E-state index is 0.0826. The van der Waals surface area contributed by atoms with Gasteiger partial charge in [0.25, 0.3) is 0 Å². The van der Waals surface area contributed by atoms with E-state index in [0.717, 1.165) is 35.2 Å². The average Bonchev–Trinajstić information content (AvgIpc) is 2.67. The summed E-state index contributed by atoms with van der Waals surface area (Å²) in [4.78, 5) is 4.49. The highest BCUT2D eigenvalue weighted by molar-refractivity contribution is 5.80. The summed E-state index contributed by atoms with van der Waals surface area (Å²) in [5.74, 6) is 0.271. The molecule has 142 valence electrons. The zero-order valence-corrected chi connectivity index (χ0v) is 17.1. The fourth-order valence-corrected chi connectivity index (χ4v) is 3.34. The Morgan fingerprint density at radius 1 is 0.964 bits per heavy atom. The molecule has 0 saturated carbocycles. The largest absolute Gasteiger partial charge is 0.383 e. The van der Waals surface area contributed by atoms with Crippen molar-refractivity contribution in [1.29, 1.82) is 5.26 Å². The van der Waals surface area contributed by atoms with E-state index in [2.05, 4.69) is 87.3 Å². The lowest BCUT2D eigenvalue weighted by Crippen LogP contribution is -2.10. The van der Waals surface area contributed by atoms with Crippen molar-refractivity contribution in [3.05, 3.63) is 71.3 Å². The number of nitrogen functional groups attached to an aromatic ring is 1. The number of nitrogens with two attached hydrogens (primary N) is 1. The maximum absolute atomic E-state index is 9.63. The van der Waals surface area contributed by atoms with Gasteiger partial charge in [-0.1, -0.05) is 82.6 Å². The number of rotatable bonds is 4. The Labute approximate surface area is 167 Å². The van der Waals surface area contributed by atoms with Crippen molar-refractivity contribution in [3.63, 3.8) is 0 Å². The standard InChI is InChI=1S/C25H27N3/c1-5-6-17-7-9-19(10-8-17)23-15-21(22(16-26)24(27)28-23)18-11-13-20(14-12-18)25(2,3)4/h7-15H,5-6H2,1-4H3,(H2,27,28). The number of pyridine rings is 1. The highest BCUT2D eigenvalue weighted by Crippen LogP contribution is 2.33. The fraction of sp³-hybridized carbons (Fsp3) is 0.280. The Hall–Kier alpha value is -3.12. The monoisotopic (exact) mass is 369 g/mol. The highest BCUT2D eigenvalue weighted by Gasteiger charge is 2.16. The molecular formula is C25H27N3. The molecule has 1 heterocycles. The maximum Gasteiger partial charge on any atom is 0.142 e. The molecule has 2 aromatic carbocycles. The number of hydrogen-bond donors (Lipinski definition) is 1. The molecule has 3 aromatic rings. The molecule has 0 radical (unpaired) electrons. The molecule has 0 atom stereocenters. The number of nitriles is 1. The van der Waals surface area contributed by atoms with Crippen LogP contribution >= 0.6 is 0 Å². The average molecular weight is 370 g/mol. The molecule has 3 rings (SSSR count). The Kier molecular flexibility index (Phi) is 5.51. The third kappa shape index (κ3) is 4.07. The Bertz CT molecular complexity index is 1000. The van der Waals surface area contributed by atoms with E-state index < -0.39 is 0 Å². The predicted molar refractivity (Wildman–Crippen MR) is 117 cm³/mol. The quantitative estimate of drug-likeness (QED) is 0.602. The lowest BCUT2D eigenvalue weighted by Gasteiger charge is -2.19. The Morgan fingerprint density at radius 2 is 1.57 bits per heavy atom. The van der Waals surface area contributed by atoms with E-state index in [0.29, 0.717) is 5.56 Å². The molecule has 0 aliphatic rings. The SMILES string of the molecule is CCCc1ccc(-c2cc(-c3ccc(C(C)(C)C)cc3)c(C#N)c(N)n2)cc1. The van der Waals surface area contributed by atoms with Crippen LogP contribution in [-0.2, 0) is 11.8 Å². The normalized spacial score (nSPS) is 11.2. The van der Waals surface area contributed by atoms with Crippen molar-refractivity contribution in [2.75, 3.05) is 5.73 Å². The minimum atomic E-state index is 0.0826. The number of aryl methyl sites for hydroxylation is 1. The fourth-order valence-electron chi connectivity index (χ4n) is 3.34. The van der Waals surface area contributed by atoms with Gasteiger partial charge in [0.05, 0.1) is 5.69 Å². The number of nitrogens with zero attached hydrogens (tertiary/aromatic N) is 2. The number of hydrogen-bond acceptors (Lipinski definition) is 3. The second kappa shape index (κ2) is 7.86. The molecule has 0 aliphatic heterocycles. The summed E-state index contributed by atoms with van der Waals surface area (Å²) in [6.07, 6.45) is 2.19. The molecule has 0 amide bonds. The van der Waals surface area contributed by atoms with Crippen LogP contribution in [-0.4, -0.2) is 4.98 Å². The lowest BCUT2D eigenvalue weighted by atomic mass is 9.86. The van der Waals surface area contributed by atoms with Gasteiger partial charge in [0.2, 0.25) is 0 Å². The van der Waals surface area contributed by atoms with Gasteiger partial charge in [-0.15, -0.1) is 0 Å². The molecule has 28 heavy (non-hydrogen) atoms. The topological polar surface area (TPSA) is 62.7 Å². The van der Waals surface area contributed by atoms with Gasteiger partial charge in [-0.2, -0.15) is 5.26 Å². The van der Waals surface area contributed by atoms with E-state index in [1.165, 1.54) is 11.1 Å². The van der Waals surface area contributed by atoms with Gasteiger partial charge in [0, 0.05) is 11.1 Å². The Balaban J connectivity index is 2.07. The highest BCUT2D eigenvalue weighted by atomic mass is 14.8. The van der Waals surface area contributed by atoms with Gasteiger partial charge in [0.15, 0.2) is 0 Å². The van der Waals surface area contributed by atoms with Crippen LogP contribution in [0.2, 0.25) is 0 Å². The van der Waals surface area contributed by atoms with Crippen molar-refractivity contribution in [1.82, 2.24) is 4.98 Å². The van der Waals surface area contributed by atoms with Crippen LogP contribution in [0, 0.1) is 11.3 Å². The molecule has 0 spiro atoms. The summed E-state index contributed by atoms with van der Waals surface area (Å²) in [7, 11) is 0. The summed E-state index contributed by atoms with van der Waals surface area (Å²) in [5, 5.41) is 9.63. The molecule has 0 unspecified atom stereocenters. The smallest absolute Gasteiger partial charge is 0.142 e. The van der Waals surface area contributed by atoms with Crippen LogP contribution < -0.4 is 5.73 Å². The van der Waals surface area contributed by atoms with Crippen molar-refractivity contribution < 1.29 is 0 Å². The van der Waals surface area contributed by atoms with Gasteiger partial charge in [-0.3, -0.25) is 0 Å². The number of aromatic nitrogens is 1. The van der Waals surface area contributed by atoms with Crippen molar-refractivity contribution in [2.45, 2.75) is 46.0 Å². The molecule has 2 N–H and O–H groups in total. The first kappa shape index (κ1) is 19.6. The molecule has 3 nitrogen and oxygen atoms in total. The minimum Gasteiger partial charge on any atom is -0.383 e. The molecule has 1 aromatic heterocycles. The van der Waals surface area contributed by atoms with E-state index in [9.17, 15) is 5.26 Å². The van der Waals surface area contributed by atoms with Crippen LogP contribution in [0.1, 0.15) is 50.8 Å². The molecule has 0 fully saturated rings. The zero-order chi connectivity index (χ0) is 20.3. The molecule has 0 aliphatic carbocycles. The van der Waals surface area contributed by atoms with E-state index in [4.69, 9.17) is 5.73 Å². The van der Waals surface area contributed by atoms with Gasteiger partial charge >= 0.3 is 0 Å². The number of anilines is 1. The summed E-state index contributed by atoms with van der Waals surface area (Å²) in [6, 6.07) is 21.0.